The van der Waals surface area contributed by atoms with E-state index in [0.29, 0.717) is 27.0 Å². The SMILES string of the molecule is COC(=O)c1ccc(P(C)(OS(=O)(=O)c2ccc(C)cc2)(c2ccccc2)c2ccc(C(=O)OC)cc2)cc1. The van der Waals surface area contributed by atoms with Crippen molar-refractivity contribution in [1.29, 1.82) is 0 Å². The topological polar surface area (TPSA) is 96.0 Å². The van der Waals surface area contributed by atoms with Gasteiger partial charge in [0, 0.05) is 0 Å². The van der Waals surface area contributed by atoms with Crippen LogP contribution in [-0.2, 0) is 23.6 Å². The number of carbonyl (C=O) groups excluding carboxylic acids is 2. The number of ether oxygens (including phenoxy) is 2. The predicted molar refractivity (Wildman–Crippen MR) is 153 cm³/mol. The van der Waals surface area contributed by atoms with Crippen LogP contribution in [0.1, 0.15) is 26.3 Å². The Morgan fingerprint density at radius 2 is 1.03 bits per heavy atom. The van der Waals surface area contributed by atoms with Gasteiger partial charge in [0.2, 0.25) is 0 Å². The molecular weight excluding hydrogens is 535 g/mol. The van der Waals surface area contributed by atoms with Gasteiger partial charge in [0.25, 0.3) is 0 Å². The number of rotatable bonds is 8. The molecule has 0 saturated heterocycles. The summed E-state index contributed by atoms with van der Waals surface area (Å²) >= 11 is 0. The molecule has 0 unspecified atom stereocenters. The second kappa shape index (κ2) is 10.7. The summed E-state index contributed by atoms with van der Waals surface area (Å²) in [6, 6.07) is 28.6. The third-order valence-electron chi connectivity index (χ3n) is 6.79. The first-order chi connectivity index (χ1) is 18.5. The predicted octanol–water partition coefficient (Wildman–Crippen LogP) is 4.35. The molecule has 7 nitrogen and oxygen atoms in total. The molecule has 0 heterocycles. The van der Waals surface area contributed by atoms with Crippen molar-refractivity contribution in [2.75, 3.05) is 20.9 Å². The summed E-state index contributed by atoms with van der Waals surface area (Å²) in [7, 11) is -1.74. The van der Waals surface area contributed by atoms with Crippen molar-refractivity contribution in [3.05, 3.63) is 120 Å². The van der Waals surface area contributed by atoms with E-state index in [9.17, 15) is 18.0 Å². The maximum absolute atomic E-state index is 14.0. The minimum absolute atomic E-state index is 0.0113. The number of esters is 2. The molecule has 4 rings (SSSR count). The van der Waals surface area contributed by atoms with Gasteiger partial charge in [-0.1, -0.05) is 0 Å². The summed E-state index contributed by atoms with van der Waals surface area (Å²) in [5, 5.41) is 1.75. The number of hydrogen-bond acceptors (Lipinski definition) is 7. The Kier molecular flexibility index (Phi) is 7.75. The molecule has 0 radical (unpaired) electrons. The Hall–Kier alpha value is -3.84. The molecule has 0 bridgehead atoms. The fraction of sp³-hybridized carbons (Fsp3) is 0.133. The van der Waals surface area contributed by atoms with Crippen LogP contribution in [0.3, 0.4) is 0 Å². The van der Waals surface area contributed by atoms with E-state index in [4.69, 9.17) is 13.4 Å². The van der Waals surface area contributed by atoms with Crippen molar-refractivity contribution in [2.45, 2.75) is 11.8 Å². The molecule has 0 aliphatic rings. The fourth-order valence-electron chi connectivity index (χ4n) is 4.51. The van der Waals surface area contributed by atoms with Crippen LogP contribution in [0.15, 0.2) is 108 Å². The second-order valence-corrected chi connectivity index (χ2v) is 15.7. The van der Waals surface area contributed by atoms with Gasteiger partial charge < -0.3 is 0 Å². The second-order valence-electron chi connectivity index (χ2n) is 9.22. The van der Waals surface area contributed by atoms with Gasteiger partial charge in [-0.25, -0.2) is 0 Å². The van der Waals surface area contributed by atoms with Crippen LogP contribution in [0.25, 0.3) is 0 Å². The summed E-state index contributed by atoms with van der Waals surface area (Å²) in [4.78, 5) is 24.4. The Bertz CT molecular complexity index is 1540. The first-order valence-corrected chi connectivity index (χ1v) is 16.0. The van der Waals surface area contributed by atoms with E-state index in [0.717, 1.165) is 5.56 Å². The van der Waals surface area contributed by atoms with Crippen molar-refractivity contribution in [3.63, 3.8) is 0 Å². The van der Waals surface area contributed by atoms with Crippen molar-refractivity contribution >= 4 is 44.8 Å². The first-order valence-electron chi connectivity index (χ1n) is 12.0. The number of aryl methyl sites for hydroxylation is 1. The van der Waals surface area contributed by atoms with Crippen LogP contribution in [-0.4, -0.2) is 41.2 Å². The molecule has 4 aromatic carbocycles. The van der Waals surface area contributed by atoms with E-state index in [1.54, 1.807) is 67.3 Å². The summed E-state index contributed by atoms with van der Waals surface area (Å²) in [6.45, 7) is -0.646. The number of methoxy groups -OCH3 is 2. The minimum atomic E-state index is -4.33. The average molecular weight is 565 g/mol. The molecular formula is C30H29O7PS. The van der Waals surface area contributed by atoms with E-state index in [2.05, 4.69) is 0 Å². The van der Waals surface area contributed by atoms with Gasteiger partial charge in [-0.2, -0.15) is 0 Å². The molecule has 0 fully saturated rings. The van der Waals surface area contributed by atoms with E-state index in [-0.39, 0.29) is 4.90 Å². The molecule has 9 heteroatoms. The van der Waals surface area contributed by atoms with Crippen molar-refractivity contribution < 1.29 is 31.5 Å². The van der Waals surface area contributed by atoms with Crippen LogP contribution in [0.5, 0.6) is 0 Å². The van der Waals surface area contributed by atoms with Crippen molar-refractivity contribution in [3.8, 4) is 0 Å². The molecule has 0 N–H and O–H groups in total. The summed E-state index contributed by atoms with van der Waals surface area (Å²) in [5.74, 6) is -1.04. The molecule has 202 valence electrons. The van der Waals surface area contributed by atoms with Gasteiger partial charge in [0.1, 0.15) is 0 Å². The molecule has 0 aromatic heterocycles. The van der Waals surface area contributed by atoms with Gasteiger partial charge in [0.05, 0.1) is 0 Å². The zero-order valence-corrected chi connectivity index (χ0v) is 23.7. The van der Waals surface area contributed by atoms with Crippen molar-refractivity contribution in [2.24, 2.45) is 0 Å². The van der Waals surface area contributed by atoms with E-state index >= 15 is 0 Å². The van der Waals surface area contributed by atoms with Gasteiger partial charge in [-0.05, 0) is 0 Å². The molecule has 0 aliphatic heterocycles. The molecule has 0 amide bonds. The molecule has 0 saturated carbocycles. The van der Waals surface area contributed by atoms with Crippen LogP contribution >= 0.6 is 6.83 Å². The quantitative estimate of drug-likeness (QED) is 0.232. The molecule has 39 heavy (non-hydrogen) atoms. The van der Waals surface area contributed by atoms with Crippen LogP contribution in [0, 0.1) is 6.92 Å². The normalized spacial score (nSPS) is 12.7. The third kappa shape index (κ3) is 5.11. The monoisotopic (exact) mass is 564 g/mol. The molecule has 0 atom stereocenters. The fourth-order valence-corrected chi connectivity index (χ4v) is 11.8. The molecule has 4 aromatic rings. The van der Waals surface area contributed by atoms with Crippen LogP contribution in [0.4, 0.5) is 0 Å². The first kappa shape index (κ1) is 28.2. The van der Waals surface area contributed by atoms with E-state index in [1.165, 1.54) is 26.4 Å². The molecule has 0 spiro atoms. The zero-order chi connectivity index (χ0) is 28.3. The van der Waals surface area contributed by atoms with E-state index < -0.39 is 28.9 Å². The van der Waals surface area contributed by atoms with Gasteiger partial charge in [-0.15, -0.1) is 0 Å². The molecule has 0 aliphatic carbocycles. The van der Waals surface area contributed by atoms with Gasteiger partial charge in [-0.3, -0.25) is 0 Å². The van der Waals surface area contributed by atoms with Gasteiger partial charge >= 0.3 is 229 Å². The number of hydrogen-bond donors (Lipinski definition) is 0. The van der Waals surface area contributed by atoms with Crippen LogP contribution < -0.4 is 15.9 Å². The maximum atomic E-state index is 14.0. The van der Waals surface area contributed by atoms with Crippen molar-refractivity contribution in [1.82, 2.24) is 0 Å². The van der Waals surface area contributed by atoms with Crippen LogP contribution in [0.2, 0.25) is 0 Å². The Morgan fingerprint density at radius 1 is 0.615 bits per heavy atom. The third-order valence-corrected chi connectivity index (χ3v) is 14.5. The zero-order valence-electron chi connectivity index (χ0n) is 22.0. The number of benzene rings is 4. The summed E-state index contributed by atoms with van der Waals surface area (Å²) < 4.78 is 44.2. The Morgan fingerprint density at radius 3 is 1.44 bits per heavy atom. The summed E-state index contributed by atoms with van der Waals surface area (Å²) in [5.41, 5.74) is 1.52. The summed E-state index contributed by atoms with van der Waals surface area (Å²) in [6.07, 6.45) is 0. The Labute approximate surface area is 228 Å². The number of carbonyl (C=O) groups is 2. The van der Waals surface area contributed by atoms with E-state index in [1.807, 2.05) is 37.3 Å². The van der Waals surface area contributed by atoms with Gasteiger partial charge in [0.15, 0.2) is 0 Å². The Balaban J connectivity index is 2.07. The standard InChI is InChI=1S/C30H29O7PS/c1-22-10-20-28(21-11-22)39(33,34)37-38(4,25-8-6-5-7-9-25,26-16-12-23(13-17-26)29(31)35-2)27-18-14-24(15-19-27)30(32)36-3/h5-21H,1-4H3. The average Bonchev–Trinajstić information content (AvgIpc) is 2.97.